The van der Waals surface area contributed by atoms with Gasteiger partial charge in [-0.2, -0.15) is 0 Å². The third kappa shape index (κ3) is 2.62. The molecule has 2 aliphatic rings. The summed E-state index contributed by atoms with van der Waals surface area (Å²) in [5.41, 5.74) is 0. The molecule has 0 aromatic rings. The lowest BCUT2D eigenvalue weighted by Crippen LogP contribution is -2.48. The lowest BCUT2D eigenvalue weighted by atomic mass is 9.85. The zero-order valence-corrected chi connectivity index (χ0v) is 9.45. The second-order valence-electron chi connectivity index (χ2n) is 4.56. The third-order valence-corrected chi connectivity index (χ3v) is 3.36. The highest BCUT2D eigenvalue weighted by Gasteiger charge is 2.25. The number of hydrogen-bond donors (Lipinski definition) is 0. The van der Waals surface area contributed by atoms with Crippen LogP contribution >= 0.6 is 0 Å². The largest absolute Gasteiger partial charge is 0.378 e. The molecule has 1 saturated heterocycles. The van der Waals surface area contributed by atoms with Crippen molar-refractivity contribution in [1.29, 1.82) is 0 Å². The molecule has 0 unspecified atom stereocenters. The molecule has 1 aliphatic heterocycles. The van der Waals surface area contributed by atoms with Crippen LogP contribution in [-0.2, 0) is 4.74 Å². The van der Waals surface area contributed by atoms with Gasteiger partial charge in [-0.05, 0) is 18.8 Å². The smallest absolute Gasteiger partial charge is 0.319 e. The summed E-state index contributed by atoms with van der Waals surface area (Å²) in [7, 11) is 1.91. The molecule has 15 heavy (non-hydrogen) atoms. The third-order valence-electron chi connectivity index (χ3n) is 3.36. The lowest BCUT2D eigenvalue weighted by Gasteiger charge is -2.34. The molecule has 0 radical (unpaired) electrons. The number of rotatable bonds is 2. The van der Waals surface area contributed by atoms with E-state index < -0.39 is 0 Å². The average Bonchev–Trinajstić information content (AvgIpc) is 2.23. The predicted octanol–water partition coefficient (Wildman–Crippen LogP) is 1.17. The molecule has 86 valence electrons. The zero-order valence-electron chi connectivity index (χ0n) is 9.45. The molecule has 1 aliphatic carbocycles. The van der Waals surface area contributed by atoms with E-state index in [9.17, 15) is 4.79 Å². The highest BCUT2D eigenvalue weighted by Crippen LogP contribution is 2.26. The Morgan fingerprint density at radius 2 is 2.07 bits per heavy atom. The van der Waals surface area contributed by atoms with E-state index in [-0.39, 0.29) is 6.03 Å². The van der Waals surface area contributed by atoms with Gasteiger partial charge in [0.15, 0.2) is 0 Å². The molecular formula is C11H20N2O2. The molecule has 2 amide bonds. The maximum absolute atomic E-state index is 12.0. The molecule has 1 heterocycles. The van der Waals surface area contributed by atoms with Gasteiger partial charge < -0.3 is 14.5 Å². The summed E-state index contributed by atoms with van der Waals surface area (Å²) in [6, 6.07) is 0.171. The van der Waals surface area contributed by atoms with Crippen molar-refractivity contribution in [3.05, 3.63) is 0 Å². The first-order valence-corrected chi connectivity index (χ1v) is 5.85. The fraction of sp³-hybridized carbons (Fsp3) is 0.909. The van der Waals surface area contributed by atoms with Crippen molar-refractivity contribution in [2.45, 2.75) is 19.3 Å². The molecule has 1 saturated carbocycles. The summed E-state index contributed by atoms with van der Waals surface area (Å²) < 4.78 is 5.23. The van der Waals surface area contributed by atoms with Gasteiger partial charge >= 0.3 is 6.03 Å². The molecule has 0 spiro atoms. The first-order chi connectivity index (χ1) is 7.27. The summed E-state index contributed by atoms with van der Waals surface area (Å²) in [5.74, 6) is 0.750. The fourth-order valence-corrected chi connectivity index (χ4v) is 2.14. The number of carbonyl (C=O) groups excluding carboxylic acids is 1. The molecule has 4 nitrogen and oxygen atoms in total. The van der Waals surface area contributed by atoms with Gasteiger partial charge in [-0.15, -0.1) is 0 Å². The SMILES string of the molecule is CN(CC1CCC1)C(=O)N1CCOCC1. The molecular weight excluding hydrogens is 192 g/mol. The first kappa shape index (κ1) is 10.7. The molecule has 2 fully saturated rings. The number of amides is 2. The monoisotopic (exact) mass is 212 g/mol. The van der Waals surface area contributed by atoms with E-state index >= 15 is 0 Å². The Hall–Kier alpha value is -0.770. The Morgan fingerprint density at radius 1 is 1.40 bits per heavy atom. The zero-order chi connectivity index (χ0) is 10.7. The molecule has 0 atom stereocenters. The van der Waals surface area contributed by atoms with E-state index in [4.69, 9.17) is 4.74 Å². The highest BCUT2D eigenvalue weighted by atomic mass is 16.5. The Bertz CT molecular complexity index is 223. The van der Waals surface area contributed by atoms with Crippen molar-refractivity contribution in [1.82, 2.24) is 9.80 Å². The van der Waals surface area contributed by atoms with Crippen LogP contribution in [0.25, 0.3) is 0 Å². The topological polar surface area (TPSA) is 32.8 Å². The molecule has 0 bridgehead atoms. The number of ether oxygens (including phenoxy) is 1. The van der Waals surface area contributed by atoms with Gasteiger partial charge in [0.1, 0.15) is 0 Å². The van der Waals surface area contributed by atoms with Gasteiger partial charge in [0.2, 0.25) is 0 Å². The number of nitrogens with zero attached hydrogens (tertiary/aromatic N) is 2. The summed E-state index contributed by atoms with van der Waals surface area (Å²) in [4.78, 5) is 15.7. The van der Waals surface area contributed by atoms with Gasteiger partial charge in [0.05, 0.1) is 13.2 Å². The van der Waals surface area contributed by atoms with E-state index in [1.54, 1.807) is 0 Å². The summed E-state index contributed by atoms with van der Waals surface area (Å²) >= 11 is 0. The molecule has 0 aromatic carbocycles. The quantitative estimate of drug-likeness (QED) is 0.688. The van der Waals surface area contributed by atoms with Crippen molar-refractivity contribution < 1.29 is 9.53 Å². The van der Waals surface area contributed by atoms with Crippen molar-refractivity contribution in [2.24, 2.45) is 5.92 Å². The number of morpholine rings is 1. The second-order valence-corrected chi connectivity index (χ2v) is 4.56. The normalized spacial score (nSPS) is 22.3. The van der Waals surface area contributed by atoms with Gasteiger partial charge in [0, 0.05) is 26.7 Å². The standard InChI is InChI=1S/C11H20N2O2/c1-12(9-10-3-2-4-10)11(14)13-5-7-15-8-6-13/h10H,2-9H2,1H3. The Kier molecular flexibility index (Phi) is 3.46. The van der Waals surface area contributed by atoms with Crippen molar-refractivity contribution in [2.75, 3.05) is 39.9 Å². The van der Waals surface area contributed by atoms with Gasteiger partial charge in [-0.25, -0.2) is 4.79 Å². The summed E-state index contributed by atoms with van der Waals surface area (Å²) in [6.07, 6.45) is 3.92. The minimum atomic E-state index is 0.171. The minimum absolute atomic E-state index is 0.171. The van der Waals surface area contributed by atoms with Crippen molar-refractivity contribution in [3.8, 4) is 0 Å². The average molecular weight is 212 g/mol. The lowest BCUT2D eigenvalue weighted by molar-refractivity contribution is 0.0431. The van der Waals surface area contributed by atoms with Crippen molar-refractivity contribution in [3.63, 3.8) is 0 Å². The van der Waals surface area contributed by atoms with Gasteiger partial charge in [-0.3, -0.25) is 0 Å². The van der Waals surface area contributed by atoms with Crippen LogP contribution in [0.1, 0.15) is 19.3 Å². The van der Waals surface area contributed by atoms with Crippen LogP contribution < -0.4 is 0 Å². The van der Waals surface area contributed by atoms with Crippen LogP contribution in [0.3, 0.4) is 0 Å². The van der Waals surface area contributed by atoms with E-state index in [0.717, 1.165) is 25.6 Å². The van der Waals surface area contributed by atoms with E-state index in [1.165, 1.54) is 19.3 Å². The fourth-order valence-electron chi connectivity index (χ4n) is 2.14. The number of hydrogen-bond acceptors (Lipinski definition) is 2. The van der Waals surface area contributed by atoms with E-state index in [1.807, 2.05) is 16.8 Å². The highest BCUT2D eigenvalue weighted by molar-refractivity contribution is 5.74. The predicted molar refractivity (Wildman–Crippen MR) is 57.8 cm³/mol. The van der Waals surface area contributed by atoms with Crippen LogP contribution in [0, 0.1) is 5.92 Å². The Morgan fingerprint density at radius 3 is 2.60 bits per heavy atom. The van der Waals surface area contributed by atoms with Crippen molar-refractivity contribution >= 4 is 6.03 Å². The van der Waals surface area contributed by atoms with E-state index in [0.29, 0.717) is 13.2 Å². The second kappa shape index (κ2) is 4.84. The van der Waals surface area contributed by atoms with Gasteiger partial charge in [0.25, 0.3) is 0 Å². The Labute approximate surface area is 91.2 Å². The van der Waals surface area contributed by atoms with Crippen LogP contribution in [0.4, 0.5) is 4.79 Å². The number of urea groups is 1. The molecule has 4 heteroatoms. The number of carbonyl (C=O) groups is 1. The van der Waals surface area contributed by atoms with Crippen LogP contribution in [0.15, 0.2) is 0 Å². The molecule has 0 aromatic heterocycles. The van der Waals surface area contributed by atoms with Crippen LogP contribution in [-0.4, -0.2) is 55.7 Å². The van der Waals surface area contributed by atoms with E-state index in [2.05, 4.69) is 0 Å². The summed E-state index contributed by atoms with van der Waals surface area (Å²) in [5, 5.41) is 0. The van der Waals surface area contributed by atoms with Crippen LogP contribution in [0.5, 0.6) is 0 Å². The first-order valence-electron chi connectivity index (χ1n) is 5.85. The maximum Gasteiger partial charge on any atom is 0.319 e. The Balaban J connectivity index is 1.77. The minimum Gasteiger partial charge on any atom is -0.378 e. The summed E-state index contributed by atoms with van der Waals surface area (Å²) in [6.45, 7) is 3.78. The van der Waals surface area contributed by atoms with Gasteiger partial charge in [-0.1, -0.05) is 6.42 Å². The molecule has 2 rings (SSSR count). The maximum atomic E-state index is 12.0. The molecule has 0 N–H and O–H groups in total. The van der Waals surface area contributed by atoms with Crippen LogP contribution in [0.2, 0.25) is 0 Å².